The van der Waals surface area contributed by atoms with Crippen molar-refractivity contribution in [2.24, 2.45) is 0 Å². The summed E-state index contributed by atoms with van der Waals surface area (Å²) >= 11 is 1.49. The van der Waals surface area contributed by atoms with E-state index in [-0.39, 0.29) is 0 Å². The molecule has 0 heterocycles. The molecule has 5 heteroatoms. The van der Waals surface area contributed by atoms with Gasteiger partial charge in [0.05, 0.1) is 0 Å². The maximum Gasteiger partial charge on any atom is 0.572 e. The fourth-order valence-corrected chi connectivity index (χ4v) is 3.00. The Morgan fingerprint density at radius 2 is 1.33 bits per heavy atom. The first-order chi connectivity index (χ1) is 4.24. The minimum atomic E-state index is -2.27. The van der Waals surface area contributed by atoms with Gasteiger partial charge >= 0.3 is 7.95 Å². The zero-order chi connectivity index (χ0) is 7.33. The summed E-state index contributed by atoms with van der Waals surface area (Å²) in [7, 11) is 2.50. The van der Waals surface area contributed by atoms with Gasteiger partial charge in [-0.25, -0.2) is 0 Å². The standard InChI is InChI=1S/C4H12O3SSi/c1-5-9(6-2,7-3)8-4/h1-4H3. The van der Waals surface area contributed by atoms with Gasteiger partial charge in [-0.3, -0.25) is 0 Å². The van der Waals surface area contributed by atoms with E-state index in [4.69, 9.17) is 13.3 Å². The van der Waals surface area contributed by atoms with Crippen LogP contribution in [0.5, 0.6) is 0 Å². The average molecular weight is 168 g/mol. The van der Waals surface area contributed by atoms with Crippen molar-refractivity contribution < 1.29 is 13.3 Å². The summed E-state index contributed by atoms with van der Waals surface area (Å²) in [5, 5.41) is 0. The van der Waals surface area contributed by atoms with Gasteiger partial charge in [0.2, 0.25) is 0 Å². The van der Waals surface area contributed by atoms with Gasteiger partial charge in [-0.2, -0.15) is 0 Å². The van der Waals surface area contributed by atoms with E-state index in [1.54, 1.807) is 21.3 Å². The van der Waals surface area contributed by atoms with Crippen molar-refractivity contribution in [1.82, 2.24) is 0 Å². The summed E-state index contributed by atoms with van der Waals surface area (Å²) in [4.78, 5) is 0. The van der Waals surface area contributed by atoms with E-state index >= 15 is 0 Å². The Balaban J connectivity index is 3.82. The first kappa shape index (κ1) is 9.45. The normalized spacial score (nSPS) is 12.0. The van der Waals surface area contributed by atoms with Crippen molar-refractivity contribution in [2.45, 2.75) is 0 Å². The van der Waals surface area contributed by atoms with Crippen LogP contribution in [0, 0.1) is 0 Å². The van der Waals surface area contributed by atoms with Gasteiger partial charge in [-0.15, -0.1) is 11.2 Å². The predicted molar refractivity (Wildman–Crippen MR) is 40.3 cm³/mol. The molecule has 3 nitrogen and oxygen atoms in total. The van der Waals surface area contributed by atoms with Crippen molar-refractivity contribution in [3.8, 4) is 0 Å². The van der Waals surface area contributed by atoms with Crippen LogP contribution in [0.3, 0.4) is 0 Å². The minimum absolute atomic E-state index is 1.49. The SMILES string of the molecule is CO[Si](OC)(OC)SC. The predicted octanol–water partition coefficient (Wildman–Crippen LogP) is 0.724. The molecule has 0 aromatic heterocycles. The lowest BCUT2D eigenvalue weighted by Crippen LogP contribution is -2.38. The summed E-state index contributed by atoms with van der Waals surface area (Å²) in [6, 6.07) is 0. The fraction of sp³-hybridized carbons (Fsp3) is 1.00. The van der Waals surface area contributed by atoms with Crippen LogP contribution in [-0.4, -0.2) is 35.5 Å². The van der Waals surface area contributed by atoms with Gasteiger partial charge in [0.25, 0.3) is 0 Å². The molecule has 56 valence electrons. The molecule has 0 fully saturated rings. The second kappa shape index (κ2) is 4.29. The quantitative estimate of drug-likeness (QED) is 0.578. The van der Waals surface area contributed by atoms with Gasteiger partial charge < -0.3 is 13.3 Å². The smallest absolute Gasteiger partial charge is 0.369 e. The molecule has 0 N–H and O–H groups in total. The second-order valence-corrected chi connectivity index (χ2v) is 6.67. The Morgan fingerprint density at radius 3 is 1.33 bits per heavy atom. The number of hydrogen-bond donors (Lipinski definition) is 0. The molecule has 0 aromatic carbocycles. The Labute approximate surface area is 60.7 Å². The van der Waals surface area contributed by atoms with Crippen LogP contribution < -0.4 is 0 Å². The van der Waals surface area contributed by atoms with E-state index in [2.05, 4.69) is 0 Å². The summed E-state index contributed by atoms with van der Waals surface area (Å²) in [6.45, 7) is 0. The molecular weight excluding hydrogens is 156 g/mol. The molecule has 0 saturated heterocycles. The van der Waals surface area contributed by atoms with E-state index in [0.29, 0.717) is 0 Å². The highest BCUT2D eigenvalue weighted by atomic mass is 32.4. The first-order valence-electron chi connectivity index (χ1n) is 2.45. The van der Waals surface area contributed by atoms with Gasteiger partial charge in [-0.05, 0) is 6.26 Å². The molecule has 0 aliphatic heterocycles. The molecule has 0 bridgehead atoms. The van der Waals surface area contributed by atoms with Gasteiger partial charge in [0.1, 0.15) is 0 Å². The van der Waals surface area contributed by atoms with Crippen LogP contribution in [0.2, 0.25) is 0 Å². The van der Waals surface area contributed by atoms with Crippen molar-refractivity contribution in [3.63, 3.8) is 0 Å². The number of hydrogen-bond acceptors (Lipinski definition) is 4. The molecule has 0 amide bonds. The number of rotatable bonds is 4. The maximum absolute atomic E-state index is 5.04. The first-order valence-corrected chi connectivity index (χ1v) is 6.12. The molecular formula is C4H12O3SSi. The largest absolute Gasteiger partial charge is 0.572 e. The van der Waals surface area contributed by atoms with Crippen molar-refractivity contribution in [1.29, 1.82) is 0 Å². The molecule has 0 radical (unpaired) electrons. The van der Waals surface area contributed by atoms with E-state index in [1.165, 1.54) is 11.2 Å². The molecule has 0 atom stereocenters. The lowest BCUT2D eigenvalue weighted by atomic mass is 11.8. The topological polar surface area (TPSA) is 27.7 Å². The van der Waals surface area contributed by atoms with Crippen LogP contribution >= 0.6 is 11.2 Å². The highest BCUT2D eigenvalue weighted by Gasteiger charge is 2.37. The summed E-state index contributed by atoms with van der Waals surface area (Å²) in [5.41, 5.74) is 0. The highest BCUT2D eigenvalue weighted by Crippen LogP contribution is 2.18. The van der Waals surface area contributed by atoms with E-state index in [1.807, 2.05) is 6.26 Å². The van der Waals surface area contributed by atoms with Crippen molar-refractivity contribution >= 4 is 19.2 Å². The third-order valence-electron chi connectivity index (χ3n) is 1.00. The van der Waals surface area contributed by atoms with Crippen LogP contribution in [0.15, 0.2) is 0 Å². The molecule has 0 rings (SSSR count). The van der Waals surface area contributed by atoms with Gasteiger partial charge in [0.15, 0.2) is 0 Å². The summed E-state index contributed by atoms with van der Waals surface area (Å²) in [6.07, 6.45) is 1.91. The molecule has 0 unspecified atom stereocenters. The molecule has 0 spiro atoms. The lowest BCUT2D eigenvalue weighted by Gasteiger charge is -2.20. The van der Waals surface area contributed by atoms with E-state index in [9.17, 15) is 0 Å². The van der Waals surface area contributed by atoms with Gasteiger partial charge in [0, 0.05) is 21.3 Å². The second-order valence-electron chi connectivity index (χ2n) is 1.32. The molecule has 0 aromatic rings. The Hall–Kier alpha value is 0.447. The average Bonchev–Trinajstić information content (AvgIpc) is 1.95. The molecule has 0 aliphatic carbocycles. The molecule has 9 heavy (non-hydrogen) atoms. The zero-order valence-corrected chi connectivity index (χ0v) is 7.95. The summed E-state index contributed by atoms with van der Waals surface area (Å²) < 4.78 is 15.1. The Kier molecular flexibility index (Phi) is 4.51. The lowest BCUT2D eigenvalue weighted by molar-refractivity contribution is 0.152. The van der Waals surface area contributed by atoms with Crippen LogP contribution in [0.4, 0.5) is 0 Å². The van der Waals surface area contributed by atoms with Crippen molar-refractivity contribution in [2.75, 3.05) is 27.6 Å². The minimum Gasteiger partial charge on any atom is -0.369 e. The van der Waals surface area contributed by atoms with Crippen LogP contribution in [0.25, 0.3) is 0 Å². The third kappa shape index (κ3) is 2.27. The van der Waals surface area contributed by atoms with Crippen molar-refractivity contribution in [3.05, 3.63) is 0 Å². The van der Waals surface area contributed by atoms with E-state index < -0.39 is 7.95 Å². The zero-order valence-electron chi connectivity index (χ0n) is 6.13. The third-order valence-corrected chi connectivity index (χ3v) is 6.00. The van der Waals surface area contributed by atoms with Crippen LogP contribution in [-0.2, 0) is 13.3 Å². The maximum atomic E-state index is 5.04. The molecule has 0 aliphatic rings. The Morgan fingerprint density at radius 1 is 1.00 bits per heavy atom. The molecule has 0 saturated carbocycles. The van der Waals surface area contributed by atoms with Gasteiger partial charge in [-0.1, -0.05) is 0 Å². The highest BCUT2D eigenvalue weighted by molar-refractivity contribution is 8.26. The monoisotopic (exact) mass is 168 g/mol. The van der Waals surface area contributed by atoms with E-state index in [0.717, 1.165) is 0 Å². The summed E-state index contributed by atoms with van der Waals surface area (Å²) in [5.74, 6) is 0. The fourth-order valence-electron chi connectivity index (χ4n) is 0.500. The Bertz CT molecular complexity index is 58.7. The van der Waals surface area contributed by atoms with Crippen LogP contribution in [0.1, 0.15) is 0 Å².